The quantitative estimate of drug-likeness (QED) is 0.814. The van der Waals surface area contributed by atoms with Gasteiger partial charge in [0.2, 0.25) is 5.76 Å². The number of hydrogen-bond donors (Lipinski definition) is 1. The van der Waals surface area contributed by atoms with Crippen LogP contribution >= 0.6 is 0 Å². The summed E-state index contributed by atoms with van der Waals surface area (Å²) in [7, 11) is 0. The minimum absolute atomic E-state index is 0.0441. The van der Waals surface area contributed by atoms with E-state index in [0.717, 1.165) is 10.9 Å². The van der Waals surface area contributed by atoms with E-state index < -0.39 is 5.97 Å². The fourth-order valence-electron chi connectivity index (χ4n) is 2.10. The van der Waals surface area contributed by atoms with E-state index in [-0.39, 0.29) is 5.76 Å². The van der Waals surface area contributed by atoms with Crippen LogP contribution in [0.3, 0.4) is 0 Å². The van der Waals surface area contributed by atoms with Crippen LogP contribution in [-0.2, 0) is 0 Å². The second-order valence-corrected chi connectivity index (χ2v) is 3.86. The van der Waals surface area contributed by atoms with E-state index in [4.69, 9.17) is 9.52 Å². The second kappa shape index (κ2) is 3.31. The molecule has 1 N–H and O–H groups in total. The molecule has 1 aromatic carbocycles. The fourth-order valence-corrected chi connectivity index (χ4v) is 2.10. The summed E-state index contributed by atoms with van der Waals surface area (Å²) in [5.74, 6) is -1.11. The van der Waals surface area contributed by atoms with Crippen molar-refractivity contribution in [2.24, 2.45) is 4.99 Å². The maximum absolute atomic E-state index is 11.2. The van der Waals surface area contributed by atoms with Crippen LogP contribution in [0.15, 0.2) is 33.8 Å². The number of hydrogen-bond acceptors (Lipinski definition) is 3. The third kappa shape index (κ3) is 1.30. The fraction of sp³-hybridized carbons (Fsp3) is 0.0769. The Labute approximate surface area is 96.9 Å². The highest BCUT2D eigenvalue weighted by Gasteiger charge is 2.23. The number of carboxylic acids is 1. The molecule has 3 rings (SSSR count). The molecule has 0 fully saturated rings. The maximum Gasteiger partial charge on any atom is 0.372 e. The standard InChI is InChI=1S/C13H9NO3/c1-7-10-11-8(5-6-14-7)3-2-4-9(11)17-12(10)13(15)16/h2-6H,1H3,(H,15,16). The summed E-state index contributed by atoms with van der Waals surface area (Å²) in [6.45, 7) is 1.78. The lowest BCUT2D eigenvalue weighted by Crippen LogP contribution is -2.03. The minimum atomic E-state index is -1.07. The Morgan fingerprint density at radius 3 is 3.00 bits per heavy atom. The van der Waals surface area contributed by atoms with Gasteiger partial charge < -0.3 is 9.52 Å². The Balaban J connectivity index is 2.53. The van der Waals surface area contributed by atoms with Gasteiger partial charge in [0.15, 0.2) is 0 Å². The molecule has 84 valence electrons. The van der Waals surface area contributed by atoms with Gasteiger partial charge in [-0.2, -0.15) is 0 Å². The van der Waals surface area contributed by atoms with Crippen molar-refractivity contribution in [3.63, 3.8) is 0 Å². The highest BCUT2D eigenvalue weighted by atomic mass is 16.4. The van der Waals surface area contributed by atoms with Crippen molar-refractivity contribution < 1.29 is 14.3 Å². The van der Waals surface area contributed by atoms with E-state index in [1.54, 1.807) is 19.2 Å². The summed E-state index contributed by atoms with van der Waals surface area (Å²) in [4.78, 5) is 15.4. The lowest BCUT2D eigenvalue weighted by atomic mass is 10.0. The molecule has 0 atom stereocenters. The molecule has 0 unspecified atom stereocenters. The van der Waals surface area contributed by atoms with E-state index in [1.165, 1.54) is 0 Å². The Bertz CT molecular complexity index is 692. The Kier molecular flexibility index (Phi) is 1.92. The monoisotopic (exact) mass is 227 g/mol. The molecule has 2 aromatic rings. The first-order chi connectivity index (χ1) is 8.18. The number of aliphatic imine (C=N–C) groups is 1. The molecule has 0 bridgehead atoms. The molecular weight excluding hydrogens is 218 g/mol. The molecule has 17 heavy (non-hydrogen) atoms. The summed E-state index contributed by atoms with van der Waals surface area (Å²) in [5.41, 5.74) is 2.74. The lowest BCUT2D eigenvalue weighted by molar-refractivity contribution is 0.0664. The number of furan rings is 1. The van der Waals surface area contributed by atoms with Gasteiger partial charge in [-0.3, -0.25) is 4.99 Å². The molecule has 0 amide bonds. The highest BCUT2D eigenvalue weighted by Crippen LogP contribution is 2.32. The summed E-state index contributed by atoms with van der Waals surface area (Å²) in [6.07, 6.45) is 3.53. The largest absolute Gasteiger partial charge is 0.475 e. The van der Waals surface area contributed by atoms with Crippen molar-refractivity contribution >= 4 is 28.7 Å². The van der Waals surface area contributed by atoms with Gasteiger partial charge in [0.1, 0.15) is 5.58 Å². The zero-order chi connectivity index (χ0) is 12.0. The van der Waals surface area contributed by atoms with Gasteiger partial charge in [-0.15, -0.1) is 0 Å². The second-order valence-electron chi connectivity index (χ2n) is 3.86. The zero-order valence-corrected chi connectivity index (χ0v) is 9.10. The summed E-state index contributed by atoms with van der Waals surface area (Å²) in [6, 6.07) is 5.51. The van der Waals surface area contributed by atoms with E-state index in [0.29, 0.717) is 16.9 Å². The predicted octanol–water partition coefficient (Wildman–Crippen LogP) is 2.92. The van der Waals surface area contributed by atoms with Crippen LogP contribution in [0.2, 0.25) is 0 Å². The third-order valence-corrected chi connectivity index (χ3v) is 2.83. The van der Waals surface area contributed by atoms with E-state index in [1.807, 2.05) is 18.2 Å². The number of benzene rings is 1. The van der Waals surface area contributed by atoms with E-state index in [2.05, 4.69) is 4.99 Å². The smallest absolute Gasteiger partial charge is 0.372 e. The summed E-state index contributed by atoms with van der Waals surface area (Å²) in [5, 5.41) is 9.97. The SMILES string of the molecule is CC1=NC=Cc2cccc3oc(C(=O)O)c1c23. The first-order valence-electron chi connectivity index (χ1n) is 5.18. The van der Waals surface area contributed by atoms with Gasteiger partial charge in [0.05, 0.1) is 5.56 Å². The van der Waals surface area contributed by atoms with Crippen LogP contribution in [0, 0.1) is 0 Å². The van der Waals surface area contributed by atoms with Crippen LogP contribution in [0.5, 0.6) is 0 Å². The average molecular weight is 227 g/mol. The van der Waals surface area contributed by atoms with Crippen LogP contribution in [0.1, 0.15) is 28.6 Å². The molecule has 2 heterocycles. The van der Waals surface area contributed by atoms with Crippen LogP contribution in [0.4, 0.5) is 0 Å². The minimum Gasteiger partial charge on any atom is -0.475 e. The molecule has 0 saturated heterocycles. The van der Waals surface area contributed by atoms with Crippen molar-refractivity contribution in [1.29, 1.82) is 0 Å². The number of rotatable bonds is 1. The number of aromatic carboxylic acids is 1. The average Bonchev–Trinajstić information content (AvgIpc) is 2.60. The van der Waals surface area contributed by atoms with Crippen LogP contribution in [0.25, 0.3) is 17.0 Å². The molecule has 4 nitrogen and oxygen atoms in total. The first-order valence-corrected chi connectivity index (χ1v) is 5.18. The topological polar surface area (TPSA) is 62.8 Å². The highest BCUT2D eigenvalue weighted by molar-refractivity contribution is 6.17. The summed E-state index contributed by atoms with van der Waals surface area (Å²) >= 11 is 0. The number of carboxylic acid groups (broad SMARTS) is 1. The van der Waals surface area contributed by atoms with Crippen molar-refractivity contribution in [2.75, 3.05) is 0 Å². The van der Waals surface area contributed by atoms with Gasteiger partial charge in [-0.25, -0.2) is 4.79 Å². The third-order valence-electron chi connectivity index (χ3n) is 2.83. The Hall–Kier alpha value is -2.36. The number of nitrogens with zero attached hydrogens (tertiary/aromatic N) is 1. The van der Waals surface area contributed by atoms with Crippen molar-refractivity contribution in [2.45, 2.75) is 6.92 Å². The molecule has 4 heteroatoms. The van der Waals surface area contributed by atoms with Gasteiger partial charge in [-0.1, -0.05) is 12.1 Å². The molecular formula is C13H9NO3. The van der Waals surface area contributed by atoms with Gasteiger partial charge in [0, 0.05) is 17.3 Å². The Morgan fingerprint density at radius 2 is 2.24 bits per heavy atom. The molecule has 0 saturated carbocycles. The van der Waals surface area contributed by atoms with Crippen molar-refractivity contribution in [1.82, 2.24) is 0 Å². The normalized spacial score (nSPS) is 13.6. The van der Waals surface area contributed by atoms with Crippen LogP contribution in [-0.4, -0.2) is 16.8 Å². The molecule has 1 aliphatic heterocycles. The first kappa shape index (κ1) is 9.84. The molecule has 1 aromatic heterocycles. The predicted molar refractivity (Wildman–Crippen MR) is 64.4 cm³/mol. The number of carbonyl (C=O) groups is 1. The van der Waals surface area contributed by atoms with Gasteiger partial charge in [0.25, 0.3) is 0 Å². The molecule has 1 aliphatic rings. The van der Waals surface area contributed by atoms with Crippen molar-refractivity contribution in [3.8, 4) is 0 Å². The van der Waals surface area contributed by atoms with E-state index in [9.17, 15) is 4.79 Å². The molecule has 0 aliphatic carbocycles. The zero-order valence-electron chi connectivity index (χ0n) is 9.10. The molecule has 0 radical (unpaired) electrons. The Morgan fingerprint density at radius 1 is 1.41 bits per heavy atom. The van der Waals surface area contributed by atoms with E-state index >= 15 is 0 Å². The molecule has 0 spiro atoms. The van der Waals surface area contributed by atoms with Crippen molar-refractivity contribution in [3.05, 3.63) is 41.3 Å². The van der Waals surface area contributed by atoms with Crippen LogP contribution < -0.4 is 0 Å². The van der Waals surface area contributed by atoms with Gasteiger partial charge in [-0.05, 0) is 24.6 Å². The lowest BCUT2D eigenvalue weighted by Gasteiger charge is -1.98. The summed E-state index contributed by atoms with van der Waals surface area (Å²) < 4.78 is 5.38. The van der Waals surface area contributed by atoms with Gasteiger partial charge >= 0.3 is 5.97 Å². The maximum atomic E-state index is 11.2.